The minimum Gasteiger partial charge on any atom is -0.300 e. The van der Waals surface area contributed by atoms with E-state index >= 15 is 0 Å². The van der Waals surface area contributed by atoms with E-state index < -0.39 is 5.41 Å². The van der Waals surface area contributed by atoms with Crippen molar-refractivity contribution in [2.45, 2.75) is 65.2 Å². The van der Waals surface area contributed by atoms with Crippen molar-refractivity contribution < 1.29 is 14.4 Å². The molecule has 1 aliphatic carbocycles. The lowest BCUT2D eigenvalue weighted by Gasteiger charge is -2.34. The van der Waals surface area contributed by atoms with Gasteiger partial charge < -0.3 is 4.79 Å². The molecule has 3 heteroatoms. The SMILES string of the molecule is CCCCC1(CCC(C)=O)C(=O)CCCC1=O. The molecule has 0 aromatic heterocycles. The highest BCUT2D eigenvalue weighted by molar-refractivity contribution is 6.09. The number of carbonyl (C=O) groups excluding carboxylic acids is 3. The van der Waals surface area contributed by atoms with Crippen molar-refractivity contribution in [2.24, 2.45) is 5.41 Å². The Morgan fingerprint density at radius 3 is 2.24 bits per heavy atom. The molecular weight excluding hydrogens is 216 g/mol. The number of hydrogen-bond acceptors (Lipinski definition) is 3. The van der Waals surface area contributed by atoms with Gasteiger partial charge in [-0.05, 0) is 26.2 Å². The van der Waals surface area contributed by atoms with Crippen LogP contribution < -0.4 is 0 Å². The van der Waals surface area contributed by atoms with E-state index in [4.69, 9.17) is 0 Å². The first kappa shape index (κ1) is 14.1. The summed E-state index contributed by atoms with van der Waals surface area (Å²) >= 11 is 0. The lowest BCUT2D eigenvalue weighted by molar-refractivity contribution is -0.145. The molecule has 0 heterocycles. The summed E-state index contributed by atoms with van der Waals surface area (Å²) in [5.74, 6) is 0.207. The average Bonchev–Trinajstić information content (AvgIpc) is 2.28. The van der Waals surface area contributed by atoms with Gasteiger partial charge in [0.15, 0.2) is 0 Å². The van der Waals surface area contributed by atoms with E-state index in [2.05, 4.69) is 6.92 Å². The summed E-state index contributed by atoms with van der Waals surface area (Å²) in [6.45, 7) is 3.57. The summed E-state index contributed by atoms with van der Waals surface area (Å²) in [6.07, 6.45) is 4.97. The van der Waals surface area contributed by atoms with Crippen molar-refractivity contribution in [3.05, 3.63) is 0 Å². The van der Waals surface area contributed by atoms with Crippen molar-refractivity contribution in [1.29, 1.82) is 0 Å². The molecule has 1 fully saturated rings. The molecular formula is C14H22O3. The Kier molecular flexibility index (Phi) is 5.03. The van der Waals surface area contributed by atoms with Gasteiger partial charge in [-0.25, -0.2) is 0 Å². The van der Waals surface area contributed by atoms with Crippen molar-refractivity contribution >= 4 is 17.3 Å². The Bertz CT molecular complexity index is 301. The van der Waals surface area contributed by atoms with Crippen LogP contribution >= 0.6 is 0 Å². The van der Waals surface area contributed by atoms with Gasteiger partial charge in [0.2, 0.25) is 0 Å². The molecule has 3 nitrogen and oxygen atoms in total. The Balaban J connectivity index is 2.84. The first-order chi connectivity index (χ1) is 8.03. The summed E-state index contributed by atoms with van der Waals surface area (Å²) in [7, 11) is 0. The predicted molar refractivity (Wildman–Crippen MR) is 65.7 cm³/mol. The maximum Gasteiger partial charge on any atom is 0.146 e. The van der Waals surface area contributed by atoms with Crippen LogP contribution in [-0.2, 0) is 14.4 Å². The highest BCUT2D eigenvalue weighted by atomic mass is 16.2. The van der Waals surface area contributed by atoms with Crippen LogP contribution in [0.2, 0.25) is 0 Å². The molecule has 0 radical (unpaired) electrons. The monoisotopic (exact) mass is 238 g/mol. The predicted octanol–water partition coefficient (Wildman–Crippen LogP) is 2.85. The van der Waals surface area contributed by atoms with Gasteiger partial charge >= 0.3 is 0 Å². The number of unbranched alkanes of at least 4 members (excludes halogenated alkanes) is 1. The molecule has 0 aromatic rings. The Morgan fingerprint density at radius 2 is 1.76 bits per heavy atom. The molecule has 0 unspecified atom stereocenters. The van der Waals surface area contributed by atoms with Gasteiger partial charge in [0, 0.05) is 19.3 Å². The molecule has 0 amide bonds. The van der Waals surface area contributed by atoms with Crippen molar-refractivity contribution in [3.8, 4) is 0 Å². The van der Waals surface area contributed by atoms with E-state index in [0.717, 1.165) is 12.8 Å². The summed E-state index contributed by atoms with van der Waals surface area (Å²) in [4.78, 5) is 35.3. The molecule has 0 N–H and O–H groups in total. The van der Waals surface area contributed by atoms with Crippen LogP contribution in [0.25, 0.3) is 0 Å². The number of carbonyl (C=O) groups is 3. The van der Waals surface area contributed by atoms with Crippen molar-refractivity contribution in [1.82, 2.24) is 0 Å². The van der Waals surface area contributed by atoms with E-state index in [9.17, 15) is 14.4 Å². The van der Waals surface area contributed by atoms with Gasteiger partial charge in [-0.15, -0.1) is 0 Å². The van der Waals surface area contributed by atoms with Crippen LogP contribution in [0, 0.1) is 5.41 Å². The fourth-order valence-electron chi connectivity index (χ4n) is 2.59. The second-order valence-electron chi connectivity index (χ2n) is 5.09. The largest absolute Gasteiger partial charge is 0.300 e. The molecule has 0 bridgehead atoms. The molecule has 17 heavy (non-hydrogen) atoms. The van der Waals surface area contributed by atoms with E-state index in [0.29, 0.717) is 38.5 Å². The zero-order chi connectivity index (χ0) is 12.9. The maximum absolute atomic E-state index is 12.1. The molecule has 0 aliphatic heterocycles. The number of ketones is 3. The van der Waals surface area contributed by atoms with Crippen LogP contribution in [0.4, 0.5) is 0 Å². The number of Topliss-reactive ketones (excluding diaryl/α,β-unsaturated/α-hetero) is 3. The zero-order valence-corrected chi connectivity index (χ0v) is 10.9. The van der Waals surface area contributed by atoms with Gasteiger partial charge in [0.25, 0.3) is 0 Å². The molecule has 1 rings (SSSR count). The van der Waals surface area contributed by atoms with Crippen molar-refractivity contribution in [3.63, 3.8) is 0 Å². The number of rotatable bonds is 6. The molecule has 1 aliphatic rings. The van der Waals surface area contributed by atoms with Crippen LogP contribution in [0.3, 0.4) is 0 Å². The quantitative estimate of drug-likeness (QED) is 0.668. The van der Waals surface area contributed by atoms with Gasteiger partial charge in [-0.2, -0.15) is 0 Å². The highest BCUT2D eigenvalue weighted by Gasteiger charge is 2.45. The first-order valence-electron chi connectivity index (χ1n) is 6.59. The fraction of sp³-hybridized carbons (Fsp3) is 0.786. The Morgan fingerprint density at radius 1 is 1.18 bits per heavy atom. The Labute approximate surface area is 103 Å². The second-order valence-corrected chi connectivity index (χ2v) is 5.09. The van der Waals surface area contributed by atoms with Crippen LogP contribution in [0.1, 0.15) is 65.2 Å². The van der Waals surface area contributed by atoms with Gasteiger partial charge in [-0.1, -0.05) is 19.8 Å². The van der Waals surface area contributed by atoms with Gasteiger partial charge in [-0.3, -0.25) is 9.59 Å². The summed E-state index contributed by atoms with van der Waals surface area (Å²) < 4.78 is 0. The molecule has 0 aromatic carbocycles. The zero-order valence-electron chi connectivity index (χ0n) is 10.9. The average molecular weight is 238 g/mol. The fourth-order valence-corrected chi connectivity index (χ4v) is 2.59. The summed E-state index contributed by atoms with van der Waals surface area (Å²) in [6, 6.07) is 0. The van der Waals surface area contributed by atoms with E-state index in [1.807, 2.05) is 0 Å². The van der Waals surface area contributed by atoms with Gasteiger partial charge in [0.1, 0.15) is 17.3 Å². The molecule has 1 saturated carbocycles. The van der Waals surface area contributed by atoms with Gasteiger partial charge in [0.05, 0.1) is 5.41 Å². The second kappa shape index (κ2) is 6.08. The molecule has 0 atom stereocenters. The van der Waals surface area contributed by atoms with E-state index in [1.165, 1.54) is 6.92 Å². The highest BCUT2D eigenvalue weighted by Crippen LogP contribution is 2.39. The lowest BCUT2D eigenvalue weighted by Crippen LogP contribution is -2.42. The van der Waals surface area contributed by atoms with E-state index in [-0.39, 0.29) is 17.3 Å². The maximum atomic E-state index is 12.1. The molecule has 0 saturated heterocycles. The third kappa shape index (κ3) is 3.24. The standard InChI is InChI=1S/C14H22O3/c1-3-4-9-14(10-8-11(2)15)12(16)6-5-7-13(14)17/h3-10H2,1-2H3. The number of hydrogen-bond donors (Lipinski definition) is 0. The van der Waals surface area contributed by atoms with E-state index in [1.54, 1.807) is 0 Å². The minimum atomic E-state index is -0.820. The normalized spacial score (nSPS) is 19.4. The van der Waals surface area contributed by atoms with Crippen LogP contribution in [-0.4, -0.2) is 17.3 Å². The minimum absolute atomic E-state index is 0.0621. The van der Waals surface area contributed by atoms with Crippen molar-refractivity contribution in [2.75, 3.05) is 0 Å². The molecule has 0 spiro atoms. The summed E-state index contributed by atoms with van der Waals surface area (Å²) in [5.41, 5.74) is -0.820. The van der Waals surface area contributed by atoms with Crippen LogP contribution in [0.5, 0.6) is 0 Å². The first-order valence-corrected chi connectivity index (χ1v) is 6.59. The third-order valence-electron chi connectivity index (χ3n) is 3.74. The third-order valence-corrected chi connectivity index (χ3v) is 3.74. The van der Waals surface area contributed by atoms with Crippen LogP contribution in [0.15, 0.2) is 0 Å². The lowest BCUT2D eigenvalue weighted by atomic mass is 9.66. The molecule has 96 valence electrons. The smallest absolute Gasteiger partial charge is 0.146 e. The topological polar surface area (TPSA) is 51.2 Å². The Hall–Kier alpha value is -0.990. The summed E-state index contributed by atoms with van der Waals surface area (Å²) in [5, 5.41) is 0.